The van der Waals surface area contributed by atoms with E-state index in [4.69, 9.17) is 21.1 Å². The highest BCUT2D eigenvalue weighted by Crippen LogP contribution is 2.40. The molecule has 1 aromatic rings. The second-order valence-corrected chi connectivity index (χ2v) is 6.70. The average Bonchev–Trinajstić information content (AvgIpc) is 2.39. The third-order valence-corrected chi connectivity index (χ3v) is 4.35. The summed E-state index contributed by atoms with van der Waals surface area (Å²) >= 11 is 6.33. The second-order valence-electron chi connectivity index (χ2n) is 6.29. The monoisotopic (exact) mass is 297 g/mol. The van der Waals surface area contributed by atoms with Gasteiger partial charge < -0.3 is 14.8 Å². The number of methoxy groups -OCH3 is 2. The van der Waals surface area contributed by atoms with Crippen molar-refractivity contribution in [3.05, 3.63) is 17.2 Å². The van der Waals surface area contributed by atoms with Gasteiger partial charge in [0.15, 0.2) is 11.5 Å². The van der Waals surface area contributed by atoms with E-state index >= 15 is 0 Å². The van der Waals surface area contributed by atoms with Gasteiger partial charge in [-0.05, 0) is 24.7 Å². The molecule has 0 amide bonds. The summed E-state index contributed by atoms with van der Waals surface area (Å²) in [5, 5.41) is 4.24. The summed E-state index contributed by atoms with van der Waals surface area (Å²) in [6.45, 7) is 4.66. The Labute approximate surface area is 126 Å². The molecule has 0 radical (unpaired) electrons. The highest BCUT2D eigenvalue weighted by molar-refractivity contribution is 6.33. The molecule has 4 heteroatoms. The summed E-state index contributed by atoms with van der Waals surface area (Å²) < 4.78 is 10.6. The van der Waals surface area contributed by atoms with Crippen LogP contribution in [0.25, 0.3) is 0 Å². The summed E-state index contributed by atoms with van der Waals surface area (Å²) in [4.78, 5) is 0. The van der Waals surface area contributed by atoms with Crippen LogP contribution in [-0.4, -0.2) is 20.3 Å². The van der Waals surface area contributed by atoms with Crippen molar-refractivity contribution in [1.82, 2.24) is 0 Å². The average molecular weight is 298 g/mol. The van der Waals surface area contributed by atoms with Crippen LogP contribution in [0.3, 0.4) is 0 Å². The molecule has 0 bridgehead atoms. The molecular weight excluding hydrogens is 274 g/mol. The van der Waals surface area contributed by atoms with Crippen molar-refractivity contribution < 1.29 is 9.47 Å². The lowest BCUT2D eigenvalue weighted by molar-refractivity contribution is 0.229. The van der Waals surface area contributed by atoms with Gasteiger partial charge in [-0.15, -0.1) is 0 Å². The zero-order valence-electron chi connectivity index (χ0n) is 12.8. The number of anilines is 1. The predicted molar refractivity (Wildman–Crippen MR) is 84.2 cm³/mol. The van der Waals surface area contributed by atoms with E-state index in [9.17, 15) is 0 Å². The molecule has 2 rings (SSSR count). The van der Waals surface area contributed by atoms with Gasteiger partial charge in [-0.25, -0.2) is 0 Å². The summed E-state index contributed by atoms with van der Waals surface area (Å²) in [5.74, 6) is 1.36. The van der Waals surface area contributed by atoms with Gasteiger partial charge in [0.1, 0.15) is 0 Å². The SMILES string of the molecule is COc1cc(Cl)c(NC2CCCC(C)(C)C2)cc1OC. The first-order chi connectivity index (χ1) is 9.45. The van der Waals surface area contributed by atoms with E-state index in [0.717, 1.165) is 12.1 Å². The molecule has 0 spiro atoms. The largest absolute Gasteiger partial charge is 0.493 e. The van der Waals surface area contributed by atoms with Gasteiger partial charge in [-0.1, -0.05) is 31.9 Å². The molecule has 1 aliphatic carbocycles. The summed E-state index contributed by atoms with van der Waals surface area (Å²) in [7, 11) is 3.25. The van der Waals surface area contributed by atoms with Crippen LogP contribution in [0.4, 0.5) is 5.69 Å². The van der Waals surface area contributed by atoms with Crippen LogP contribution < -0.4 is 14.8 Å². The number of hydrogen-bond acceptors (Lipinski definition) is 3. The normalized spacial score (nSPS) is 21.4. The van der Waals surface area contributed by atoms with E-state index in [0.29, 0.717) is 28.0 Å². The van der Waals surface area contributed by atoms with Crippen molar-refractivity contribution in [3.63, 3.8) is 0 Å². The van der Waals surface area contributed by atoms with Crippen molar-refractivity contribution in [3.8, 4) is 11.5 Å². The molecule has 112 valence electrons. The summed E-state index contributed by atoms with van der Waals surface area (Å²) in [5.41, 5.74) is 1.32. The Morgan fingerprint density at radius 3 is 2.45 bits per heavy atom. The number of hydrogen-bond donors (Lipinski definition) is 1. The van der Waals surface area contributed by atoms with Gasteiger partial charge >= 0.3 is 0 Å². The number of ether oxygens (including phenoxy) is 2. The molecule has 1 aliphatic rings. The number of nitrogens with one attached hydrogen (secondary N) is 1. The van der Waals surface area contributed by atoms with E-state index in [2.05, 4.69) is 19.2 Å². The lowest BCUT2D eigenvalue weighted by atomic mass is 9.75. The van der Waals surface area contributed by atoms with Crippen molar-refractivity contribution in [2.45, 2.75) is 45.6 Å². The molecule has 1 saturated carbocycles. The van der Waals surface area contributed by atoms with Crippen molar-refractivity contribution in [2.75, 3.05) is 19.5 Å². The van der Waals surface area contributed by atoms with Crippen LogP contribution in [0.1, 0.15) is 39.5 Å². The number of rotatable bonds is 4. The maximum Gasteiger partial charge on any atom is 0.162 e. The molecule has 1 unspecified atom stereocenters. The van der Waals surface area contributed by atoms with Gasteiger partial charge in [0.05, 0.1) is 24.9 Å². The Bertz CT molecular complexity index is 474. The predicted octanol–water partition coefficient (Wildman–Crippen LogP) is 4.74. The Hall–Kier alpha value is -1.09. The minimum absolute atomic E-state index is 0.402. The van der Waals surface area contributed by atoms with Gasteiger partial charge in [0.2, 0.25) is 0 Å². The molecule has 1 N–H and O–H groups in total. The van der Waals surface area contributed by atoms with Crippen LogP contribution in [0, 0.1) is 5.41 Å². The molecule has 0 aromatic heterocycles. The first-order valence-electron chi connectivity index (χ1n) is 7.13. The smallest absolute Gasteiger partial charge is 0.162 e. The fourth-order valence-corrected chi connectivity index (χ4v) is 3.21. The molecule has 20 heavy (non-hydrogen) atoms. The third-order valence-electron chi connectivity index (χ3n) is 4.04. The van der Waals surface area contributed by atoms with E-state index in [1.807, 2.05) is 6.07 Å². The fourth-order valence-electron chi connectivity index (χ4n) is 3.01. The zero-order chi connectivity index (χ0) is 14.8. The van der Waals surface area contributed by atoms with E-state index in [1.54, 1.807) is 20.3 Å². The van der Waals surface area contributed by atoms with E-state index in [-0.39, 0.29) is 0 Å². The van der Waals surface area contributed by atoms with Crippen LogP contribution in [0.15, 0.2) is 12.1 Å². The highest BCUT2D eigenvalue weighted by Gasteiger charge is 2.28. The van der Waals surface area contributed by atoms with Crippen LogP contribution in [0.2, 0.25) is 5.02 Å². The Kier molecular flexibility index (Phi) is 4.69. The topological polar surface area (TPSA) is 30.5 Å². The molecule has 0 heterocycles. The lowest BCUT2D eigenvalue weighted by Crippen LogP contribution is -2.31. The molecule has 1 atom stereocenters. The molecular formula is C16H24ClNO2. The Morgan fingerprint density at radius 1 is 1.20 bits per heavy atom. The summed E-state index contributed by atoms with van der Waals surface area (Å²) in [6.07, 6.45) is 4.91. The maximum atomic E-state index is 6.33. The standard InChI is InChI=1S/C16H24ClNO2/c1-16(2)7-5-6-11(10-16)18-13-9-15(20-4)14(19-3)8-12(13)17/h8-9,11,18H,5-7,10H2,1-4H3. The van der Waals surface area contributed by atoms with Gasteiger partial charge in [-0.3, -0.25) is 0 Å². The van der Waals surface area contributed by atoms with Crippen LogP contribution in [0.5, 0.6) is 11.5 Å². The molecule has 0 saturated heterocycles. The Morgan fingerprint density at radius 2 is 1.85 bits per heavy atom. The number of benzene rings is 1. The highest BCUT2D eigenvalue weighted by atomic mass is 35.5. The van der Waals surface area contributed by atoms with Crippen LogP contribution in [-0.2, 0) is 0 Å². The molecule has 1 fully saturated rings. The quantitative estimate of drug-likeness (QED) is 0.871. The minimum atomic E-state index is 0.402. The number of halogens is 1. The van der Waals surface area contributed by atoms with E-state index in [1.165, 1.54) is 19.3 Å². The minimum Gasteiger partial charge on any atom is -0.493 e. The summed E-state index contributed by atoms with van der Waals surface area (Å²) in [6, 6.07) is 4.19. The second kappa shape index (κ2) is 6.13. The van der Waals surface area contributed by atoms with Gasteiger partial charge in [0.25, 0.3) is 0 Å². The van der Waals surface area contributed by atoms with Gasteiger partial charge in [-0.2, -0.15) is 0 Å². The van der Waals surface area contributed by atoms with Gasteiger partial charge in [0, 0.05) is 18.2 Å². The first-order valence-corrected chi connectivity index (χ1v) is 7.51. The fraction of sp³-hybridized carbons (Fsp3) is 0.625. The zero-order valence-corrected chi connectivity index (χ0v) is 13.5. The van der Waals surface area contributed by atoms with Crippen molar-refractivity contribution in [1.29, 1.82) is 0 Å². The molecule has 1 aromatic carbocycles. The lowest BCUT2D eigenvalue weighted by Gasteiger charge is -2.36. The molecule has 3 nitrogen and oxygen atoms in total. The van der Waals surface area contributed by atoms with Crippen LogP contribution >= 0.6 is 11.6 Å². The third kappa shape index (κ3) is 3.51. The Balaban J connectivity index is 2.16. The first kappa shape index (κ1) is 15.3. The van der Waals surface area contributed by atoms with Crippen molar-refractivity contribution in [2.24, 2.45) is 5.41 Å². The van der Waals surface area contributed by atoms with Crippen molar-refractivity contribution >= 4 is 17.3 Å². The van der Waals surface area contributed by atoms with E-state index < -0.39 is 0 Å². The maximum absolute atomic E-state index is 6.33. The molecule has 0 aliphatic heterocycles.